The van der Waals surface area contributed by atoms with E-state index in [9.17, 15) is 13.2 Å². The summed E-state index contributed by atoms with van der Waals surface area (Å²) in [5.41, 5.74) is 10.2. The van der Waals surface area contributed by atoms with Crippen molar-refractivity contribution in [2.45, 2.75) is 52.6 Å². The second-order valence-electron chi connectivity index (χ2n) is 10.2. The summed E-state index contributed by atoms with van der Waals surface area (Å²) in [6, 6.07) is 17.3. The van der Waals surface area contributed by atoms with Gasteiger partial charge in [-0.3, -0.25) is 0 Å². The summed E-state index contributed by atoms with van der Waals surface area (Å²) in [6.07, 6.45) is 1.05. The number of rotatable bonds is 5. The Bertz CT molecular complexity index is 1350. The van der Waals surface area contributed by atoms with E-state index in [4.69, 9.17) is 5.73 Å². The summed E-state index contributed by atoms with van der Waals surface area (Å²) >= 11 is 0. The molecule has 2 N–H and O–H groups in total. The Morgan fingerprint density at radius 2 is 1.68 bits per heavy atom. The van der Waals surface area contributed by atoms with Gasteiger partial charge in [0.15, 0.2) is 0 Å². The molecule has 0 unspecified atom stereocenters. The molecule has 0 bridgehead atoms. The van der Waals surface area contributed by atoms with Gasteiger partial charge in [-0.05, 0) is 90.5 Å². The lowest BCUT2D eigenvalue weighted by Gasteiger charge is -2.28. The highest BCUT2D eigenvalue weighted by molar-refractivity contribution is 6.12. The van der Waals surface area contributed by atoms with Gasteiger partial charge in [0.05, 0.1) is 17.0 Å². The molecule has 212 valence electrons. The minimum absolute atomic E-state index is 0.232. The number of nitrogens with zero attached hydrogens (tertiary/aromatic N) is 4. The minimum atomic E-state index is -4.45. The predicted octanol–water partition coefficient (Wildman–Crippen LogP) is 7.54. The van der Waals surface area contributed by atoms with Crippen LogP contribution in [0, 0.1) is 6.92 Å². The number of hydrogen-bond acceptors (Lipinski definition) is 5. The Labute approximate surface area is 235 Å². The molecule has 0 aliphatic carbocycles. The molecular weight excluding hydrogens is 511 g/mol. The third-order valence-electron chi connectivity index (χ3n) is 6.71. The maximum Gasteiger partial charge on any atom is 0.416 e. The molecule has 3 aromatic rings. The van der Waals surface area contributed by atoms with Crippen LogP contribution in [0.1, 0.15) is 61.9 Å². The molecule has 1 saturated heterocycles. The first-order valence-corrected chi connectivity index (χ1v) is 13.4. The summed E-state index contributed by atoms with van der Waals surface area (Å²) < 4.78 is 40.1. The summed E-state index contributed by atoms with van der Waals surface area (Å²) in [7, 11) is 2.09. The number of allylic oxidation sites excluding steroid dienone is 3. The maximum atomic E-state index is 13.4. The quantitative estimate of drug-likeness (QED) is 0.334. The SMILES string of the molecule is C/C=C\C(=N/C(N)=C(C)C)c1cc(C2CCN(C)CC2)nnc1-c1cccc(C(F)(F)F)c1.Cc1ccccc1. The molecule has 8 heteroatoms. The number of alkyl halides is 3. The molecule has 0 spiro atoms. The number of aryl methyl sites for hydroxylation is 1. The van der Waals surface area contributed by atoms with E-state index in [0.29, 0.717) is 28.4 Å². The Morgan fingerprint density at radius 1 is 1.00 bits per heavy atom. The van der Waals surface area contributed by atoms with Crippen molar-refractivity contribution in [3.8, 4) is 11.3 Å². The smallest absolute Gasteiger partial charge is 0.384 e. The molecule has 1 aromatic heterocycles. The molecule has 1 aliphatic heterocycles. The van der Waals surface area contributed by atoms with Crippen LogP contribution in [0.25, 0.3) is 11.3 Å². The van der Waals surface area contributed by atoms with Gasteiger partial charge in [0.2, 0.25) is 0 Å². The van der Waals surface area contributed by atoms with Gasteiger partial charge in [0.1, 0.15) is 11.5 Å². The van der Waals surface area contributed by atoms with Crippen LogP contribution in [-0.2, 0) is 6.18 Å². The lowest BCUT2D eigenvalue weighted by molar-refractivity contribution is -0.137. The van der Waals surface area contributed by atoms with Crippen LogP contribution in [0.4, 0.5) is 13.2 Å². The summed E-state index contributed by atoms with van der Waals surface area (Å²) in [5, 5.41) is 8.86. The monoisotopic (exact) mass is 549 g/mol. The van der Waals surface area contributed by atoms with Crippen molar-refractivity contribution in [2.75, 3.05) is 20.1 Å². The van der Waals surface area contributed by atoms with Gasteiger partial charge in [0.25, 0.3) is 0 Å². The second-order valence-corrected chi connectivity index (χ2v) is 10.2. The summed E-state index contributed by atoms with van der Waals surface area (Å²) in [6.45, 7) is 9.56. The summed E-state index contributed by atoms with van der Waals surface area (Å²) in [4.78, 5) is 6.85. The zero-order chi connectivity index (χ0) is 29.3. The van der Waals surface area contributed by atoms with Gasteiger partial charge in [-0.15, -0.1) is 5.10 Å². The van der Waals surface area contributed by atoms with Crippen LogP contribution in [0.3, 0.4) is 0 Å². The van der Waals surface area contributed by atoms with E-state index in [1.165, 1.54) is 11.6 Å². The number of piperidine rings is 1. The third-order valence-corrected chi connectivity index (χ3v) is 6.71. The standard InChI is InChI=1S/C25H30F3N5.C7H8/c1-5-7-21(30-24(29)16(2)3)20-15-22(17-10-12-33(4)13-11-17)31-32-23(20)18-8-6-9-19(14-18)25(26,27)28;1-7-5-3-2-4-6-7/h5-9,14-15,17H,10-13,29H2,1-4H3;2-6H,1H3/b7-5-,30-21+;. The Hall–Kier alpha value is -3.78. The van der Waals surface area contributed by atoms with Gasteiger partial charge < -0.3 is 10.6 Å². The van der Waals surface area contributed by atoms with Crippen molar-refractivity contribution < 1.29 is 13.2 Å². The van der Waals surface area contributed by atoms with Crippen molar-refractivity contribution in [3.05, 3.63) is 107 Å². The van der Waals surface area contributed by atoms with E-state index in [1.54, 1.807) is 12.1 Å². The minimum Gasteiger partial charge on any atom is -0.384 e. The van der Waals surface area contributed by atoms with Crippen molar-refractivity contribution in [1.29, 1.82) is 0 Å². The largest absolute Gasteiger partial charge is 0.416 e. The number of likely N-dealkylation sites (tertiary alicyclic amines) is 1. The van der Waals surface area contributed by atoms with E-state index in [2.05, 4.69) is 46.2 Å². The molecular formula is C32H38F3N5. The van der Waals surface area contributed by atoms with E-state index >= 15 is 0 Å². The highest BCUT2D eigenvalue weighted by atomic mass is 19.4. The Kier molecular flexibility index (Phi) is 10.8. The number of halogens is 3. The van der Waals surface area contributed by atoms with Crippen LogP contribution < -0.4 is 5.73 Å². The predicted molar refractivity (Wildman–Crippen MR) is 157 cm³/mol. The highest BCUT2D eigenvalue weighted by Gasteiger charge is 2.31. The Balaban J connectivity index is 0.000000547. The number of aromatic nitrogens is 2. The number of aliphatic imine (C=N–C) groups is 1. The first-order valence-electron chi connectivity index (χ1n) is 13.4. The molecule has 4 rings (SSSR count). The molecule has 0 radical (unpaired) electrons. The molecule has 1 fully saturated rings. The molecule has 40 heavy (non-hydrogen) atoms. The topological polar surface area (TPSA) is 67.4 Å². The van der Waals surface area contributed by atoms with Gasteiger partial charge in [-0.25, -0.2) is 4.99 Å². The first kappa shape index (κ1) is 30.8. The van der Waals surface area contributed by atoms with Crippen molar-refractivity contribution in [2.24, 2.45) is 10.7 Å². The van der Waals surface area contributed by atoms with Crippen LogP contribution >= 0.6 is 0 Å². The zero-order valence-corrected chi connectivity index (χ0v) is 23.8. The van der Waals surface area contributed by atoms with E-state index in [0.717, 1.165) is 49.3 Å². The molecule has 1 aliphatic rings. The Morgan fingerprint density at radius 3 is 2.23 bits per heavy atom. The van der Waals surface area contributed by atoms with Crippen molar-refractivity contribution in [1.82, 2.24) is 15.1 Å². The fourth-order valence-corrected chi connectivity index (χ4v) is 4.28. The first-order chi connectivity index (χ1) is 19.0. The van der Waals surface area contributed by atoms with Gasteiger partial charge >= 0.3 is 6.18 Å². The van der Waals surface area contributed by atoms with E-state index < -0.39 is 11.7 Å². The zero-order valence-electron chi connectivity index (χ0n) is 23.8. The molecule has 5 nitrogen and oxygen atoms in total. The number of benzene rings is 2. The van der Waals surface area contributed by atoms with E-state index in [-0.39, 0.29) is 5.92 Å². The van der Waals surface area contributed by atoms with Gasteiger partial charge in [0, 0.05) is 17.0 Å². The van der Waals surface area contributed by atoms with Crippen molar-refractivity contribution >= 4 is 5.71 Å². The van der Waals surface area contributed by atoms with E-state index in [1.807, 2.05) is 51.1 Å². The maximum absolute atomic E-state index is 13.4. The molecule has 0 saturated carbocycles. The highest BCUT2D eigenvalue weighted by Crippen LogP contribution is 2.34. The van der Waals surface area contributed by atoms with Crippen molar-refractivity contribution in [3.63, 3.8) is 0 Å². The number of hydrogen-bond donors (Lipinski definition) is 1. The summed E-state index contributed by atoms with van der Waals surface area (Å²) in [5.74, 6) is 0.589. The fourth-order valence-electron chi connectivity index (χ4n) is 4.28. The molecule has 2 heterocycles. The molecule has 2 aromatic carbocycles. The lowest BCUT2D eigenvalue weighted by atomic mass is 9.91. The van der Waals surface area contributed by atoms with Gasteiger partial charge in [-0.1, -0.05) is 54.1 Å². The normalized spacial score (nSPS) is 15.1. The average Bonchev–Trinajstić information content (AvgIpc) is 2.93. The van der Waals surface area contributed by atoms with Crippen LogP contribution in [0.15, 0.2) is 89.2 Å². The van der Waals surface area contributed by atoms with Crippen LogP contribution in [0.2, 0.25) is 0 Å². The van der Waals surface area contributed by atoms with Crippen LogP contribution in [0.5, 0.6) is 0 Å². The number of nitrogens with two attached hydrogens (primary N) is 1. The average molecular weight is 550 g/mol. The lowest BCUT2D eigenvalue weighted by Crippen LogP contribution is -2.29. The fraction of sp³-hybridized carbons (Fsp3) is 0.344. The van der Waals surface area contributed by atoms with Gasteiger partial charge in [-0.2, -0.15) is 18.3 Å². The molecule has 0 amide bonds. The second kappa shape index (κ2) is 14.0. The molecule has 0 atom stereocenters. The third kappa shape index (κ3) is 8.61. The van der Waals surface area contributed by atoms with Crippen LogP contribution in [-0.4, -0.2) is 40.9 Å².